The molecular weight excluding hydrogens is 254 g/mol. The molecule has 1 amide bonds. The quantitative estimate of drug-likeness (QED) is 0.601. The van der Waals surface area contributed by atoms with Crippen molar-refractivity contribution >= 4 is 23.2 Å². The summed E-state index contributed by atoms with van der Waals surface area (Å²) < 4.78 is 0. The Labute approximate surface area is 109 Å². The maximum atomic E-state index is 11.6. The number of nitrogens with zero attached hydrogens (tertiary/aromatic N) is 1. The molecule has 1 aromatic rings. The number of nitrogens with two attached hydrogens (primary N) is 1. The Morgan fingerprint density at radius 3 is 2.89 bits per heavy atom. The summed E-state index contributed by atoms with van der Waals surface area (Å²) in [6.45, 7) is 0.986. The number of carbonyl (C=O) groups excluding carboxylic acids is 1. The minimum atomic E-state index is -0.813. The molecule has 0 unspecified atom stereocenters. The van der Waals surface area contributed by atoms with Gasteiger partial charge in [0.25, 0.3) is 5.91 Å². The van der Waals surface area contributed by atoms with Gasteiger partial charge in [-0.3, -0.25) is 9.59 Å². The lowest BCUT2D eigenvalue weighted by Gasteiger charge is -2.01. The van der Waals surface area contributed by atoms with Crippen molar-refractivity contribution in [1.82, 2.24) is 10.3 Å². The van der Waals surface area contributed by atoms with Gasteiger partial charge in [-0.05, 0) is 19.4 Å². The predicted octanol–water partition coefficient (Wildman–Crippen LogP) is 0.629. The number of hydrogen-bond acceptors (Lipinski definition) is 5. The number of hydrogen-bond donors (Lipinski definition) is 3. The number of carboxylic acid groups (broad SMARTS) is 1. The van der Waals surface area contributed by atoms with Crippen molar-refractivity contribution in [1.29, 1.82) is 0 Å². The van der Waals surface area contributed by atoms with Crippen LogP contribution in [-0.4, -0.2) is 35.1 Å². The molecule has 1 aromatic heterocycles. The smallest absolute Gasteiger partial charge is 0.303 e. The molecule has 4 N–H and O–H groups in total. The number of thiazole rings is 1. The van der Waals surface area contributed by atoms with Crippen molar-refractivity contribution in [2.45, 2.75) is 25.7 Å². The zero-order valence-corrected chi connectivity index (χ0v) is 10.8. The summed E-state index contributed by atoms with van der Waals surface area (Å²) in [5, 5.41) is 13.7. The van der Waals surface area contributed by atoms with Crippen LogP contribution in [0.2, 0.25) is 0 Å². The molecule has 7 heteroatoms. The molecule has 0 radical (unpaired) electrons. The van der Waals surface area contributed by atoms with Gasteiger partial charge in [0, 0.05) is 24.8 Å². The molecule has 0 fully saturated rings. The van der Waals surface area contributed by atoms with Gasteiger partial charge in [0.15, 0.2) is 0 Å². The molecule has 0 aliphatic heterocycles. The zero-order chi connectivity index (χ0) is 13.4. The Balaban J connectivity index is 2.25. The highest BCUT2D eigenvalue weighted by atomic mass is 32.1. The lowest BCUT2D eigenvalue weighted by molar-refractivity contribution is -0.137. The van der Waals surface area contributed by atoms with E-state index in [-0.39, 0.29) is 12.3 Å². The summed E-state index contributed by atoms with van der Waals surface area (Å²) in [6, 6.07) is 0. The standard InChI is InChI=1S/C11H17N3O3S/c12-5-4-9-14-8(7-18-9)11(17)13-6-2-1-3-10(15)16/h7H,1-6,12H2,(H,13,17)(H,15,16). The number of aromatic nitrogens is 1. The first-order valence-electron chi connectivity index (χ1n) is 5.78. The lowest BCUT2D eigenvalue weighted by Crippen LogP contribution is -2.24. The number of nitrogens with one attached hydrogen (secondary N) is 1. The molecule has 0 aliphatic rings. The molecule has 0 atom stereocenters. The van der Waals surface area contributed by atoms with Crippen LogP contribution in [0.3, 0.4) is 0 Å². The van der Waals surface area contributed by atoms with Crippen LogP contribution in [-0.2, 0) is 11.2 Å². The molecule has 0 saturated carbocycles. The molecule has 18 heavy (non-hydrogen) atoms. The van der Waals surface area contributed by atoms with Crippen LogP contribution >= 0.6 is 11.3 Å². The minimum absolute atomic E-state index is 0.132. The summed E-state index contributed by atoms with van der Waals surface area (Å²) in [7, 11) is 0. The van der Waals surface area contributed by atoms with Crippen molar-refractivity contribution in [3.05, 3.63) is 16.1 Å². The van der Waals surface area contributed by atoms with E-state index in [4.69, 9.17) is 10.8 Å². The van der Waals surface area contributed by atoms with Crippen LogP contribution in [0.1, 0.15) is 34.8 Å². The van der Waals surface area contributed by atoms with E-state index in [1.807, 2.05) is 0 Å². The van der Waals surface area contributed by atoms with E-state index in [2.05, 4.69) is 10.3 Å². The second-order valence-corrected chi connectivity index (χ2v) is 4.71. The minimum Gasteiger partial charge on any atom is -0.481 e. The molecule has 0 aromatic carbocycles. The third kappa shape index (κ3) is 5.24. The average molecular weight is 271 g/mol. The highest BCUT2D eigenvalue weighted by molar-refractivity contribution is 7.09. The Bertz CT molecular complexity index is 406. The lowest BCUT2D eigenvalue weighted by atomic mass is 10.2. The van der Waals surface area contributed by atoms with Gasteiger partial charge < -0.3 is 16.2 Å². The van der Waals surface area contributed by atoms with E-state index in [1.165, 1.54) is 11.3 Å². The summed E-state index contributed by atoms with van der Waals surface area (Å²) in [4.78, 5) is 26.1. The SMILES string of the molecule is NCCc1nc(C(=O)NCCCCC(=O)O)cs1. The van der Waals surface area contributed by atoms with Crippen molar-refractivity contribution in [2.75, 3.05) is 13.1 Å². The Morgan fingerprint density at radius 1 is 1.44 bits per heavy atom. The Morgan fingerprint density at radius 2 is 2.22 bits per heavy atom. The van der Waals surface area contributed by atoms with E-state index in [0.29, 0.717) is 38.0 Å². The fraction of sp³-hybridized carbons (Fsp3) is 0.545. The first-order valence-corrected chi connectivity index (χ1v) is 6.66. The van der Waals surface area contributed by atoms with Crippen LogP contribution in [0.25, 0.3) is 0 Å². The summed E-state index contributed by atoms with van der Waals surface area (Å²) in [5.74, 6) is -1.03. The molecule has 0 spiro atoms. The summed E-state index contributed by atoms with van der Waals surface area (Å²) in [5.41, 5.74) is 5.81. The molecule has 1 heterocycles. The summed E-state index contributed by atoms with van der Waals surface area (Å²) >= 11 is 1.42. The highest BCUT2D eigenvalue weighted by Gasteiger charge is 2.09. The monoisotopic (exact) mass is 271 g/mol. The zero-order valence-electron chi connectivity index (χ0n) is 10.0. The topological polar surface area (TPSA) is 105 Å². The predicted molar refractivity (Wildman–Crippen MR) is 68.7 cm³/mol. The number of carbonyl (C=O) groups is 2. The van der Waals surface area contributed by atoms with Crippen molar-refractivity contribution < 1.29 is 14.7 Å². The van der Waals surface area contributed by atoms with E-state index in [1.54, 1.807) is 5.38 Å². The van der Waals surface area contributed by atoms with Gasteiger partial charge in [-0.25, -0.2) is 4.98 Å². The van der Waals surface area contributed by atoms with E-state index >= 15 is 0 Å². The van der Waals surface area contributed by atoms with Crippen molar-refractivity contribution in [2.24, 2.45) is 5.73 Å². The maximum Gasteiger partial charge on any atom is 0.303 e. The second kappa shape index (κ2) is 7.78. The first kappa shape index (κ1) is 14.6. The molecule has 6 nitrogen and oxygen atoms in total. The third-order valence-corrected chi connectivity index (χ3v) is 3.15. The van der Waals surface area contributed by atoms with Gasteiger partial charge in [-0.2, -0.15) is 0 Å². The Kier molecular flexibility index (Phi) is 6.31. The summed E-state index contributed by atoms with van der Waals surface area (Å²) in [6.07, 6.45) is 2.02. The number of unbranched alkanes of at least 4 members (excludes halogenated alkanes) is 1. The van der Waals surface area contributed by atoms with E-state index in [9.17, 15) is 9.59 Å². The molecular formula is C11H17N3O3S. The average Bonchev–Trinajstić information content (AvgIpc) is 2.77. The second-order valence-electron chi connectivity index (χ2n) is 3.77. The first-order chi connectivity index (χ1) is 8.63. The van der Waals surface area contributed by atoms with E-state index < -0.39 is 5.97 Å². The highest BCUT2D eigenvalue weighted by Crippen LogP contribution is 2.09. The van der Waals surface area contributed by atoms with Crippen molar-refractivity contribution in [3.63, 3.8) is 0 Å². The molecule has 0 bridgehead atoms. The van der Waals surface area contributed by atoms with Crippen LogP contribution < -0.4 is 11.1 Å². The van der Waals surface area contributed by atoms with Crippen LogP contribution in [0.15, 0.2) is 5.38 Å². The van der Waals surface area contributed by atoms with Gasteiger partial charge in [0.1, 0.15) is 5.69 Å². The Hall–Kier alpha value is -1.47. The van der Waals surface area contributed by atoms with Crippen LogP contribution in [0, 0.1) is 0 Å². The largest absolute Gasteiger partial charge is 0.481 e. The molecule has 0 aliphatic carbocycles. The molecule has 0 saturated heterocycles. The third-order valence-electron chi connectivity index (χ3n) is 2.25. The number of carboxylic acids is 1. The van der Waals surface area contributed by atoms with Crippen molar-refractivity contribution in [3.8, 4) is 0 Å². The number of rotatable bonds is 8. The van der Waals surface area contributed by atoms with Crippen LogP contribution in [0.5, 0.6) is 0 Å². The van der Waals surface area contributed by atoms with Gasteiger partial charge in [0.2, 0.25) is 0 Å². The van der Waals surface area contributed by atoms with Crippen LogP contribution in [0.4, 0.5) is 0 Å². The normalized spacial score (nSPS) is 10.3. The molecule has 100 valence electrons. The number of aliphatic carboxylic acids is 1. The fourth-order valence-electron chi connectivity index (χ4n) is 1.35. The van der Waals surface area contributed by atoms with Gasteiger partial charge in [-0.1, -0.05) is 0 Å². The maximum absolute atomic E-state index is 11.6. The van der Waals surface area contributed by atoms with Gasteiger partial charge in [-0.15, -0.1) is 11.3 Å². The van der Waals surface area contributed by atoms with Gasteiger partial charge in [0.05, 0.1) is 5.01 Å². The fourth-order valence-corrected chi connectivity index (χ4v) is 2.14. The molecule has 1 rings (SSSR count). The van der Waals surface area contributed by atoms with Gasteiger partial charge >= 0.3 is 5.97 Å². The number of amides is 1. The van der Waals surface area contributed by atoms with E-state index in [0.717, 1.165) is 5.01 Å².